The SMILES string of the molecule is CCNC(=O)/C(=N\OCC)c1ccccc1COc1ccccc1C. The minimum absolute atomic E-state index is 0.257. The van der Waals surface area contributed by atoms with Crippen molar-refractivity contribution in [2.24, 2.45) is 5.16 Å². The van der Waals surface area contributed by atoms with Gasteiger partial charge in [0.05, 0.1) is 0 Å². The molecule has 132 valence electrons. The lowest BCUT2D eigenvalue weighted by molar-refractivity contribution is -0.114. The molecule has 0 aliphatic carbocycles. The summed E-state index contributed by atoms with van der Waals surface area (Å²) in [6.07, 6.45) is 0. The third-order valence-corrected chi connectivity index (χ3v) is 3.59. The van der Waals surface area contributed by atoms with Gasteiger partial charge in [-0.05, 0) is 38.0 Å². The lowest BCUT2D eigenvalue weighted by atomic mass is 10.0. The van der Waals surface area contributed by atoms with E-state index in [9.17, 15) is 4.79 Å². The van der Waals surface area contributed by atoms with Crippen molar-refractivity contribution in [3.05, 3.63) is 65.2 Å². The first-order valence-corrected chi connectivity index (χ1v) is 8.42. The summed E-state index contributed by atoms with van der Waals surface area (Å²) < 4.78 is 5.93. The fraction of sp³-hybridized carbons (Fsp3) is 0.300. The Kier molecular flexibility index (Phi) is 7.01. The van der Waals surface area contributed by atoms with E-state index in [1.165, 1.54) is 0 Å². The van der Waals surface area contributed by atoms with Crippen LogP contribution in [0.5, 0.6) is 5.75 Å². The van der Waals surface area contributed by atoms with E-state index in [0.717, 1.165) is 16.9 Å². The molecule has 5 heteroatoms. The second-order valence-electron chi connectivity index (χ2n) is 5.43. The zero-order valence-corrected chi connectivity index (χ0v) is 14.9. The Hall–Kier alpha value is -2.82. The molecule has 5 nitrogen and oxygen atoms in total. The van der Waals surface area contributed by atoms with Gasteiger partial charge in [0, 0.05) is 12.1 Å². The Balaban J connectivity index is 2.28. The van der Waals surface area contributed by atoms with Crippen LogP contribution < -0.4 is 10.1 Å². The molecule has 0 aliphatic heterocycles. The van der Waals surface area contributed by atoms with Gasteiger partial charge in [0.15, 0.2) is 5.71 Å². The molecular formula is C20H24N2O3. The number of rotatable bonds is 8. The second-order valence-corrected chi connectivity index (χ2v) is 5.43. The first-order chi connectivity index (χ1) is 12.2. The minimum Gasteiger partial charge on any atom is -0.489 e. The first kappa shape index (κ1) is 18.5. The number of hydrogen-bond donors (Lipinski definition) is 1. The van der Waals surface area contributed by atoms with E-state index in [1.54, 1.807) is 0 Å². The molecule has 0 fully saturated rings. The molecule has 0 aromatic heterocycles. The fourth-order valence-corrected chi connectivity index (χ4v) is 2.34. The zero-order valence-electron chi connectivity index (χ0n) is 14.9. The van der Waals surface area contributed by atoms with Gasteiger partial charge in [-0.25, -0.2) is 0 Å². The molecule has 0 saturated carbocycles. The Bertz CT molecular complexity index is 741. The average molecular weight is 340 g/mol. The molecule has 0 spiro atoms. The van der Waals surface area contributed by atoms with Crippen LogP contribution in [0.3, 0.4) is 0 Å². The molecule has 0 unspecified atom stereocenters. The van der Waals surface area contributed by atoms with Gasteiger partial charge in [-0.15, -0.1) is 0 Å². The van der Waals surface area contributed by atoms with E-state index in [4.69, 9.17) is 9.57 Å². The summed E-state index contributed by atoms with van der Waals surface area (Å²) in [5.41, 5.74) is 2.89. The van der Waals surface area contributed by atoms with Crippen LogP contribution in [0.1, 0.15) is 30.5 Å². The number of benzene rings is 2. The first-order valence-electron chi connectivity index (χ1n) is 8.42. The summed E-state index contributed by atoms with van der Waals surface area (Å²) in [5, 5.41) is 6.79. The van der Waals surface area contributed by atoms with E-state index >= 15 is 0 Å². The van der Waals surface area contributed by atoms with Gasteiger partial charge < -0.3 is 14.9 Å². The number of hydrogen-bond acceptors (Lipinski definition) is 4. The maximum Gasteiger partial charge on any atom is 0.273 e. The van der Waals surface area contributed by atoms with Gasteiger partial charge in [-0.3, -0.25) is 4.79 Å². The Morgan fingerprint density at radius 3 is 2.52 bits per heavy atom. The molecular weight excluding hydrogens is 316 g/mol. The highest BCUT2D eigenvalue weighted by Crippen LogP contribution is 2.19. The molecule has 0 heterocycles. The molecule has 0 radical (unpaired) electrons. The summed E-state index contributed by atoms with van der Waals surface area (Å²) in [6, 6.07) is 15.4. The van der Waals surface area contributed by atoms with E-state index in [-0.39, 0.29) is 11.6 Å². The zero-order chi connectivity index (χ0) is 18.1. The molecule has 1 N–H and O–H groups in total. The number of amides is 1. The van der Waals surface area contributed by atoms with Gasteiger partial charge in [-0.2, -0.15) is 0 Å². The normalized spacial score (nSPS) is 11.1. The van der Waals surface area contributed by atoms with E-state index in [1.807, 2.05) is 69.3 Å². The van der Waals surface area contributed by atoms with Crippen molar-refractivity contribution in [2.75, 3.05) is 13.2 Å². The lowest BCUT2D eigenvalue weighted by Gasteiger charge is -2.13. The van der Waals surface area contributed by atoms with Crippen LogP contribution in [-0.4, -0.2) is 24.8 Å². The van der Waals surface area contributed by atoms with Gasteiger partial charge in [0.1, 0.15) is 19.0 Å². The van der Waals surface area contributed by atoms with Gasteiger partial charge >= 0.3 is 0 Å². The highest BCUT2D eigenvalue weighted by molar-refractivity contribution is 6.45. The van der Waals surface area contributed by atoms with Crippen molar-refractivity contribution in [1.29, 1.82) is 0 Å². The standard InChI is InChI=1S/C20H24N2O3/c1-4-21-20(23)19(22-25-5-2)17-12-8-7-11-16(17)14-24-18-13-9-6-10-15(18)3/h6-13H,4-5,14H2,1-3H3,(H,21,23)/b22-19-. The van der Waals surface area contributed by atoms with Crippen molar-refractivity contribution in [3.63, 3.8) is 0 Å². The number of ether oxygens (including phenoxy) is 1. The molecule has 0 atom stereocenters. The average Bonchev–Trinajstić information content (AvgIpc) is 2.62. The summed E-state index contributed by atoms with van der Waals surface area (Å²) >= 11 is 0. The van der Waals surface area contributed by atoms with E-state index in [0.29, 0.717) is 25.3 Å². The van der Waals surface area contributed by atoms with Crippen LogP contribution in [0.15, 0.2) is 53.7 Å². The van der Waals surface area contributed by atoms with Crippen LogP contribution in [0.2, 0.25) is 0 Å². The highest BCUT2D eigenvalue weighted by atomic mass is 16.6. The van der Waals surface area contributed by atoms with E-state index in [2.05, 4.69) is 10.5 Å². The molecule has 2 rings (SSSR count). The number of carbonyl (C=O) groups excluding carboxylic acids is 1. The minimum atomic E-state index is -0.265. The fourth-order valence-electron chi connectivity index (χ4n) is 2.34. The van der Waals surface area contributed by atoms with Crippen molar-refractivity contribution in [2.45, 2.75) is 27.4 Å². The summed E-state index contributed by atoms with van der Waals surface area (Å²) in [6.45, 7) is 6.94. The Labute approximate surface area is 148 Å². The molecule has 2 aromatic carbocycles. The third kappa shape index (κ3) is 5.08. The van der Waals surface area contributed by atoms with Crippen LogP contribution in [0.25, 0.3) is 0 Å². The number of aryl methyl sites for hydroxylation is 1. The summed E-state index contributed by atoms with van der Waals surface area (Å²) in [7, 11) is 0. The van der Waals surface area contributed by atoms with Crippen molar-refractivity contribution in [1.82, 2.24) is 5.32 Å². The molecule has 2 aromatic rings. The maximum atomic E-state index is 12.4. The molecule has 1 amide bonds. The third-order valence-electron chi connectivity index (χ3n) is 3.59. The Morgan fingerprint density at radius 2 is 1.80 bits per heavy atom. The number of oxime groups is 1. The number of para-hydroxylation sites is 1. The smallest absolute Gasteiger partial charge is 0.273 e. The predicted octanol–water partition coefficient (Wildman–Crippen LogP) is 3.45. The van der Waals surface area contributed by atoms with Crippen LogP contribution in [-0.2, 0) is 16.2 Å². The van der Waals surface area contributed by atoms with Gasteiger partial charge in [0.25, 0.3) is 5.91 Å². The van der Waals surface area contributed by atoms with Gasteiger partial charge in [-0.1, -0.05) is 47.6 Å². The summed E-state index contributed by atoms with van der Waals surface area (Å²) in [5.74, 6) is 0.554. The van der Waals surface area contributed by atoms with Crippen LogP contribution in [0, 0.1) is 6.92 Å². The maximum absolute atomic E-state index is 12.4. The lowest BCUT2D eigenvalue weighted by Crippen LogP contribution is -2.32. The van der Waals surface area contributed by atoms with Gasteiger partial charge in [0.2, 0.25) is 0 Å². The quantitative estimate of drug-likeness (QED) is 0.591. The topological polar surface area (TPSA) is 59.9 Å². The van der Waals surface area contributed by atoms with Crippen LogP contribution >= 0.6 is 0 Å². The number of likely N-dealkylation sites (N-methyl/N-ethyl adjacent to an activating group) is 1. The molecule has 0 bridgehead atoms. The monoisotopic (exact) mass is 340 g/mol. The molecule has 25 heavy (non-hydrogen) atoms. The number of nitrogens with one attached hydrogen (secondary N) is 1. The van der Waals surface area contributed by atoms with Crippen LogP contribution in [0.4, 0.5) is 0 Å². The number of nitrogens with zero attached hydrogens (tertiary/aromatic N) is 1. The molecule has 0 saturated heterocycles. The predicted molar refractivity (Wildman–Crippen MR) is 98.8 cm³/mol. The van der Waals surface area contributed by atoms with Crippen molar-refractivity contribution in [3.8, 4) is 5.75 Å². The van der Waals surface area contributed by atoms with Crippen molar-refractivity contribution >= 4 is 11.6 Å². The highest BCUT2D eigenvalue weighted by Gasteiger charge is 2.18. The second kappa shape index (κ2) is 9.47. The van der Waals surface area contributed by atoms with E-state index < -0.39 is 0 Å². The summed E-state index contributed by atoms with van der Waals surface area (Å²) in [4.78, 5) is 17.5. The largest absolute Gasteiger partial charge is 0.489 e. The molecule has 0 aliphatic rings. The Morgan fingerprint density at radius 1 is 1.08 bits per heavy atom. The number of carbonyl (C=O) groups is 1. The van der Waals surface area contributed by atoms with Crippen molar-refractivity contribution < 1.29 is 14.4 Å².